The van der Waals surface area contributed by atoms with Crippen molar-refractivity contribution < 1.29 is 22.6 Å². The summed E-state index contributed by atoms with van der Waals surface area (Å²) in [7, 11) is 3.45. The molecule has 0 aromatic rings. The average Bonchev–Trinajstić information content (AvgIpc) is 2.26. The zero-order valence-corrected chi connectivity index (χ0v) is 12.4. The molecule has 5 nitrogen and oxygen atoms in total. The summed E-state index contributed by atoms with van der Waals surface area (Å²) in [4.78, 5) is 0. The van der Waals surface area contributed by atoms with Gasteiger partial charge in [0.1, 0.15) is 0 Å². The lowest BCUT2D eigenvalue weighted by Gasteiger charge is -2.36. The third-order valence-corrected chi connectivity index (χ3v) is 4.39. The van der Waals surface area contributed by atoms with E-state index < -0.39 is 14.5 Å². The lowest BCUT2D eigenvalue weighted by molar-refractivity contribution is -0.0643. The fraction of sp³-hybridized carbons (Fsp3) is 1.00. The Morgan fingerprint density at radius 3 is 2.50 bits per heavy atom. The van der Waals surface area contributed by atoms with Gasteiger partial charge in [-0.25, -0.2) is 8.42 Å². The van der Waals surface area contributed by atoms with E-state index in [1.165, 1.54) is 0 Å². The average molecular weight is 301 g/mol. The number of halogens is 1. The van der Waals surface area contributed by atoms with Crippen molar-refractivity contribution in [3.63, 3.8) is 0 Å². The van der Waals surface area contributed by atoms with Crippen LogP contribution in [0.1, 0.15) is 19.8 Å². The number of ether oxygens (including phenoxy) is 3. The van der Waals surface area contributed by atoms with E-state index in [4.69, 9.17) is 24.9 Å². The van der Waals surface area contributed by atoms with Crippen LogP contribution in [0.4, 0.5) is 0 Å². The van der Waals surface area contributed by atoms with Crippen LogP contribution in [0.25, 0.3) is 0 Å². The van der Waals surface area contributed by atoms with Gasteiger partial charge >= 0.3 is 0 Å². The third kappa shape index (κ3) is 5.84. The molecule has 1 unspecified atom stereocenters. The SMILES string of the molecule is COCC(C)OCC1(CS(=O)(=O)Cl)CCOCC1. The van der Waals surface area contributed by atoms with Crippen molar-refractivity contribution in [2.24, 2.45) is 5.41 Å². The lowest BCUT2D eigenvalue weighted by atomic mass is 9.83. The molecule has 1 aliphatic rings. The molecule has 1 rings (SSSR count). The molecule has 7 heteroatoms. The maximum Gasteiger partial charge on any atom is 0.233 e. The van der Waals surface area contributed by atoms with Gasteiger partial charge in [-0.15, -0.1) is 0 Å². The predicted octanol–water partition coefficient (Wildman–Crippen LogP) is 1.40. The molecule has 0 aliphatic carbocycles. The van der Waals surface area contributed by atoms with Gasteiger partial charge in [0.2, 0.25) is 9.05 Å². The number of hydrogen-bond donors (Lipinski definition) is 0. The maximum atomic E-state index is 11.3. The minimum Gasteiger partial charge on any atom is -0.382 e. The van der Waals surface area contributed by atoms with Crippen LogP contribution in [-0.2, 0) is 23.3 Å². The molecule has 0 amide bonds. The Morgan fingerprint density at radius 1 is 1.39 bits per heavy atom. The molecular weight excluding hydrogens is 280 g/mol. The molecule has 0 spiro atoms. The second-order valence-corrected chi connectivity index (χ2v) is 7.65. The zero-order chi connectivity index (χ0) is 13.6. The summed E-state index contributed by atoms with van der Waals surface area (Å²) < 4.78 is 38.6. The van der Waals surface area contributed by atoms with Crippen LogP contribution in [0, 0.1) is 5.41 Å². The van der Waals surface area contributed by atoms with E-state index in [1.807, 2.05) is 6.92 Å². The summed E-state index contributed by atoms with van der Waals surface area (Å²) in [5.74, 6) is -0.0649. The summed E-state index contributed by atoms with van der Waals surface area (Å²) in [6.45, 7) is 3.85. The van der Waals surface area contributed by atoms with Gasteiger partial charge < -0.3 is 14.2 Å². The summed E-state index contributed by atoms with van der Waals surface area (Å²) in [6, 6.07) is 0. The van der Waals surface area contributed by atoms with Crippen LogP contribution in [0.3, 0.4) is 0 Å². The topological polar surface area (TPSA) is 61.8 Å². The quantitative estimate of drug-likeness (QED) is 0.665. The Balaban J connectivity index is 2.60. The molecule has 0 radical (unpaired) electrons. The van der Waals surface area contributed by atoms with E-state index in [0.717, 1.165) is 0 Å². The van der Waals surface area contributed by atoms with Crippen molar-refractivity contribution in [2.45, 2.75) is 25.9 Å². The number of rotatable bonds is 7. The standard InChI is InChI=1S/C11H21ClO5S/c1-10(7-15-2)17-8-11(9-18(12,13)14)3-5-16-6-4-11/h10H,3-9H2,1-2H3. The molecule has 0 aromatic heterocycles. The molecule has 0 aromatic carbocycles. The first-order chi connectivity index (χ1) is 8.37. The molecule has 1 fully saturated rings. The van der Waals surface area contributed by atoms with Gasteiger partial charge in [-0.05, 0) is 19.8 Å². The number of hydrogen-bond acceptors (Lipinski definition) is 5. The molecular formula is C11H21ClO5S. The largest absolute Gasteiger partial charge is 0.382 e. The van der Waals surface area contributed by atoms with Crippen LogP contribution in [0.2, 0.25) is 0 Å². The van der Waals surface area contributed by atoms with Gasteiger partial charge in [-0.2, -0.15) is 0 Å². The van der Waals surface area contributed by atoms with E-state index in [0.29, 0.717) is 39.3 Å². The zero-order valence-electron chi connectivity index (χ0n) is 10.9. The monoisotopic (exact) mass is 300 g/mol. The Bertz CT molecular complexity index is 337. The Kier molecular flexibility index (Phi) is 6.34. The normalized spacial score (nSPS) is 21.7. The first-order valence-corrected chi connectivity index (χ1v) is 8.45. The van der Waals surface area contributed by atoms with Gasteiger partial charge in [-0.3, -0.25) is 0 Å². The van der Waals surface area contributed by atoms with Crippen LogP contribution in [0.5, 0.6) is 0 Å². The fourth-order valence-corrected chi connectivity index (χ4v) is 3.90. The van der Waals surface area contributed by atoms with Gasteiger partial charge in [-0.1, -0.05) is 0 Å². The molecule has 1 aliphatic heterocycles. The van der Waals surface area contributed by atoms with E-state index in [-0.39, 0.29) is 11.9 Å². The van der Waals surface area contributed by atoms with Crippen LogP contribution in [-0.4, -0.2) is 53.8 Å². The van der Waals surface area contributed by atoms with E-state index in [1.54, 1.807) is 7.11 Å². The third-order valence-electron chi connectivity index (χ3n) is 3.11. The van der Waals surface area contributed by atoms with E-state index in [9.17, 15) is 8.42 Å². The molecule has 108 valence electrons. The summed E-state index contributed by atoms with van der Waals surface area (Å²) in [5.41, 5.74) is -0.430. The summed E-state index contributed by atoms with van der Waals surface area (Å²) in [5, 5.41) is 0. The first-order valence-electron chi connectivity index (χ1n) is 5.97. The Hall–Kier alpha value is 0.120. The van der Waals surface area contributed by atoms with Gasteiger partial charge in [0, 0.05) is 36.4 Å². The predicted molar refractivity (Wildman–Crippen MR) is 69.4 cm³/mol. The first kappa shape index (κ1) is 16.2. The molecule has 0 N–H and O–H groups in total. The highest BCUT2D eigenvalue weighted by Crippen LogP contribution is 2.33. The van der Waals surface area contributed by atoms with Gasteiger partial charge in [0.05, 0.1) is 25.1 Å². The highest BCUT2D eigenvalue weighted by Gasteiger charge is 2.37. The molecule has 1 saturated heterocycles. The van der Waals surface area contributed by atoms with Crippen molar-refractivity contribution in [1.82, 2.24) is 0 Å². The van der Waals surface area contributed by atoms with Crippen LogP contribution in [0.15, 0.2) is 0 Å². The van der Waals surface area contributed by atoms with Crippen molar-refractivity contribution >= 4 is 19.7 Å². The van der Waals surface area contributed by atoms with Crippen molar-refractivity contribution in [2.75, 3.05) is 39.3 Å². The molecule has 0 saturated carbocycles. The van der Waals surface area contributed by atoms with Crippen LogP contribution < -0.4 is 0 Å². The maximum absolute atomic E-state index is 11.3. The second kappa shape index (κ2) is 7.05. The summed E-state index contributed by atoms with van der Waals surface area (Å²) >= 11 is 0. The molecule has 18 heavy (non-hydrogen) atoms. The van der Waals surface area contributed by atoms with Gasteiger partial charge in [0.15, 0.2) is 0 Å². The van der Waals surface area contributed by atoms with Crippen molar-refractivity contribution in [1.29, 1.82) is 0 Å². The van der Waals surface area contributed by atoms with E-state index >= 15 is 0 Å². The molecule has 0 bridgehead atoms. The van der Waals surface area contributed by atoms with Crippen LogP contribution >= 0.6 is 10.7 Å². The highest BCUT2D eigenvalue weighted by atomic mass is 35.7. The van der Waals surface area contributed by atoms with Crippen molar-refractivity contribution in [3.8, 4) is 0 Å². The molecule has 1 heterocycles. The summed E-state index contributed by atoms with van der Waals surface area (Å²) in [6.07, 6.45) is 1.24. The smallest absolute Gasteiger partial charge is 0.233 e. The number of methoxy groups -OCH3 is 1. The lowest BCUT2D eigenvalue weighted by Crippen LogP contribution is -2.40. The van der Waals surface area contributed by atoms with Gasteiger partial charge in [0.25, 0.3) is 0 Å². The second-order valence-electron chi connectivity index (χ2n) is 4.87. The minimum absolute atomic E-state index is 0.0623. The van der Waals surface area contributed by atoms with Crippen molar-refractivity contribution in [3.05, 3.63) is 0 Å². The van der Waals surface area contributed by atoms with E-state index in [2.05, 4.69) is 0 Å². The molecule has 1 atom stereocenters. The minimum atomic E-state index is -3.54. The Morgan fingerprint density at radius 2 is 2.00 bits per heavy atom. The highest BCUT2D eigenvalue weighted by molar-refractivity contribution is 8.13. The fourth-order valence-electron chi connectivity index (χ4n) is 2.10. The Labute approximate surface area is 113 Å².